The van der Waals surface area contributed by atoms with Gasteiger partial charge in [0.05, 0.1) is 5.71 Å². The predicted molar refractivity (Wildman–Crippen MR) is 68.7 cm³/mol. The van der Waals surface area contributed by atoms with Crippen LogP contribution in [0.1, 0.15) is 25.3 Å². The minimum Gasteiger partial charge on any atom is -0.369 e. The molecule has 0 unspecified atom stereocenters. The first-order valence-electron chi connectivity index (χ1n) is 5.05. The van der Waals surface area contributed by atoms with Gasteiger partial charge in [-0.15, -0.1) is 5.10 Å². The first kappa shape index (κ1) is 12.5. The summed E-state index contributed by atoms with van der Waals surface area (Å²) in [5.74, 6) is -0.0393. The number of guanidine groups is 1. The monoisotopic (exact) mass is 238 g/mol. The highest BCUT2D eigenvalue weighted by molar-refractivity contribution is 6.30. The number of rotatable bonds is 4. The van der Waals surface area contributed by atoms with Crippen molar-refractivity contribution in [2.75, 3.05) is 0 Å². The Bertz CT molecular complexity index is 391. The molecule has 0 bridgehead atoms. The molecule has 0 aliphatic rings. The fourth-order valence-corrected chi connectivity index (χ4v) is 1.38. The molecule has 0 aliphatic carbocycles. The van der Waals surface area contributed by atoms with E-state index in [9.17, 15) is 0 Å². The van der Waals surface area contributed by atoms with Gasteiger partial charge in [-0.1, -0.05) is 37.1 Å². The van der Waals surface area contributed by atoms with Crippen LogP contribution in [0.15, 0.2) is 34.5 Å². The summed E-state index contributed by atoms with van der Waals surface area (Å²) < 4.78 is 0. The highest BCUT2D eigenvalue weighted by Crippen LogP contribution is 2.12. The van der Waals surface area contributed by atoms with E-state index < -0.39 is 0 Å². The molecular weight excluding hydrogens is 224 g/mol. The Kier molecular flexibility index (Phi) is 4.79. The molecule has 0 amide bonds. The minimum absolute atomic E-state index is 0.0393. The van der Waals surface area contributed by atoms with E-state index >= 15 is 0 Å². The van der Waals surface area contributed by atoms with E-state index in [-0.39, 0.29) is 5.96 Å². The van der Waals surface area contributed by atoms with Crippen molar-refractivity contribution in [2.45, 2.75) is 19.8 Å². The molecule has 0 aliphatic heterocycles. The first-order valence-corrected chi connectivity index (χ1v) is 5.42. The van der Waals surface area contributed by atoms with E-state index in [1.54, 1.807) is 0 Å². The Hall–Kier alpha value is -1.55. The van der Waals surface area contributed by atoms with Crippen LogP contribution in [-0.2, 0) is 0 Å². The molecule has 16 heavy (non-hydrogen) atoms. The SMILES string of the molecule is CCCC(=NN=C(N)N)c1ccc(Cl)cc1. The Morgan fingerprint density at radius 3 is 2.31 bits per heavy atom. The minimum atomic E-state index is -0.0393. The Morgan fingerprint density at radius 2 is 1.81 bits per heavy atom. The molecule has 4 nitrogen and oxygen atoms in total. The third-order valence-corrected chi connectivity index (χ3v) is 2.20. The van der Waals surface area contributed by atoms with Gasteiger partial charge in [0, 0.05) is 5.02 Å². The van der Waals surface area contributed by atoms with Crippen molar-refractivity contribution in [1.82, 2.24) is 0 Å². The van der Waals surface area contributed by atoms with Crippen molar-refractivity contribution in [3.63, 3.8) is 0 Å². The van der Waals surface area contributed by atoms with Crippen molar-refractivity contribution < 1.29 is 0 Å². The van der Waals surface area contributed by atoms with Crippen molar-refractivity contribution in [1.29, 1.82) is 0 Å². The lowest BCUT2D eigenvalue weighted by atomic mass is 10.1. The van der Waals surface area contributed by atoms with Gasteiger partial charge in [0.2, 0.25) is 5.96 Å². The predicted octanol–water partition coefficient (Wildman–Crippen LogP) is 2.12. The van der Waals surface area contributed by atoms with Gasteiger partial charge in [-0.2, -0.15) is 5.10 Å². The topological polar surface area (TPSA) is 76.8 Å². The smallest absolute Gasteiger partial charge is 0.211 e. The van der Waals surface area contributed by atoms with E-state index in [1.165, 1.54) is 0 Å². The summed E-state index contributed by atoms with van der Waals surface area (Å²) in [6.07, 6.45) is 1.79. The zero-order valence-electron chi connectivity index (χ0n) is 9.15. The van der Waals surface area contributed by atoms with Crippen LogP contribution in [-0.4, -0.2) is 11.7 Å². The maximum atomic E-state index is 5.81. The lowest BCUT2D eigenvalue weighted by molar-refractivity contribution is 0.981. The van der Waals surface area contributed by atoms with Gasteiger partial charge in [-0.3, -0.25) is 0 Å². The second kappa shape index (κ2) is 6.12. The first-order chi connectivity index (χ1) is 7.63. The highest BCUT2D eigenvalue weighted by atomic mass is 35.5. The van der Waals surface area contributed by atoms with Gasteiger partial charge in [0.25, 0.3) is 0 Å². The van der Waals surface area contributed by atoms with Gasteiger partial charge in [0.1, 0.15) is 0 Å². The van der Waals surface area contributed by atoms with Gasteiger partial charge < -0.3 is 11.5 Å². The van der Waals surface area contributed by atoms with Crippen LogP contribution in [0.2, 0.25) is 5.02 Å². The summed E-state index contributed by atoms with van der Waals surface area (Å²) in [5.41, 5.74) is 12.3. The molecule has 0 aromatic heterocycles. The average Bonchev–Trinajstić information content (AvgIpc) is 2.25. The normalized spacial score (nSPS) is 11.2. The van der Waals surface area contributed by atoms with Gasteiger partial charge in [-0.25, -0.2) is 0 Å². The third kappa shape index (κ3) is 3.90. The maximum absolute atomic E-state index is 5.81. The summed E-state index contributed by atoms with van der Waals surface area (Å²) >= 11 is 5.81. The molecule has 4 N–H and O–H groups in total. The number of halogens is 1. The second-order valence-electron chi connectivity index (χ2n) is 3.33. The molecule has 1 aromatic carbocycles. The quantitative estimate of drug-likeness (QED) is 0.479. The zero-order chi connectivity index (χ0) is 12.0. The van der Waals surface area contributed by atoms with Crippen LogP contribution in [0.4, 0.5) is 0 Å². The Labute approximate surface area is 100.0 Å². The van der Waals surface area contributed by atoms with Crippen molar-refractivity contribution >= 4 is 23.3 Å². The van der Waals surface area contributed by atoms with Crippen LogP contribution in [0.5, 0.6) is 0 Å². The van der Waals surface area contributed by atoms with Gasteiger partial charge in [-0.05, 0) is 24.1 Å². The number of nitrogens with zero attached hydrogens (tertiary/aromatic N) is 2. The Morgan fingerprint density at radius 1 is 1.19 bits per heavy atom. The highest BCUT2D eigenvalue weighted by Gasteiger charge is 2.02. The largest absolute Gasteiger partial charge is 0.369 e. The summed E-state index contributed by atoms with van der Waals surface area (Å²) in [6.45, 7) is 2.07. The fourth-order valence-electron chi connectivity index (χ4n) is 1.25. The average molecular weight is 239 g/mol. The van der Waals surface area contributed by atoms with Crippen LogP contribution < -0.4 is 11.5 Å². The van der Waals surface area contributed by atoms with Gasteiger partial charge in [0.15, 0.2) is 0 Å². The lowest BCUT2D eigenvalue weighted by Gasteiger charge is -2.03. The molecule has 0 spiro atoms. The number of hydrogen-bond donors (Lipinski definition) is 2. The molecule has 0 saturated carbocycles. The maximum Gasteiger partial charge on any atom is 0.211 e. The molecule has 5 heteroatoms. The second-order valence-corrected chi connectivity index (χ2v) is 3.76. The summed E-state index contributed by atoms with van der Waals surface area (Å²) in [6, 6.07) is 7.44. The van der Waals surface area contributed by atoms with E-state index in [4.69, 9.17) is 23.1 Å². The Balaban J connectivity index is 2.97. The van der Waals surface area contributed by atoms with E-state index in [1.807, 2.05) is 24.3 Å². The van der Waals surface area contributed by atoms with Gasteiger partial charge >= 0.3 is 0 Å². The molecule has 0 heterocycles. The molecule has 0 saturated heterocycles. The molecule has 86 valence electrons. The molecule has 1 rings (SSSR count). The van der Waals surface area contributed by atoms with Crippen molar-refractivity contribution in [2.24, 2.45) is 21.7 Å². The van der Waals surface area contributed by atoms with Crippen molar-refractivity contribution in [3.8, 4) is 0 Å². The number of nitrogens with two attached hydrogens (primary N) is 2. The number of hydrogen-bond acceptors (Lipinski definition) is 2. The van der Waals surface area contributed by atoms with E-state index in [0.29, 0.717) is 5.02 Å². The van der Waals surface area contributed by atoms with Crippen LogP contribution in [0.3, 0.4) is 0 Å². The summed E-state index contributed by atoms with van der Waals surface area (Å²) in [5, 5.41) is 8.39. The van der Waals surface area contributed by atoms with E-state index in [0.717, 1.165) is 24.1 Å². The van der Waals surface area contributed by atoms with Crippen LogP contribution in [0.25, 0.3) is 0 Å². The van der Waals surface area contributed by atoms with Crippen molar-refractivity contribution in [3.05, 3.63) is 34.9 Å². The summed E-state index contributed by atoms with van der Waals surface area (Å²) in [7, 11) is 0. The molecule has 0 radical (unpaired) electrons. The zero-order valence-corrected chi connectivity index (χ0v) is 9.91. The molecule has 1 aromatic rings. The molecule has 0 atom stereocenters. The molecule has 0 fully saturated rings. The molecular formula is C11H15ClN4. The van der Waals surface area contributed by atoms with Crippen LogP contribution >= 0.6 is 11.6 Å². The summed E-state index contributed by atoms with van der Waals surface area (Å²) in [4.78, 5) is 0. The third-order valence-electron chi connectivity index (χ3n) is 1.95. The standard InChI is InChI=1S/C11H15ClN4/c1-2-3-10(15-16-11(13)14)8-4-6-9(12)7-5-8/h4-7H,2-3H2,1H3,(H4,13,14,16). The number of benzene rings is 1. The van der Waals surface area contributed by atoms with E-state index in [2.05, 4.69) is 17.1 Å². The van der Waals surface area contributed by atoms with Crippen LogP contribution in [0, 0.1) is 0 Å². The lowest BCUT2D eigenvalue weighted by Crippen LogP contribution is -2.22. The fraction of sp³-hybridized carbons (Fsp3) is 0.273.